The topological polar surface area (TPSA) is 67.4 Å². The van der Waals surface area contributed by atoms with E-state index < -0.39 is 5.82 Å². The molecule has 2 saturated carbocycles. The molecule has 1 aliphatic heterocycles. The summed E-state index contributed by atoms with van der Waals surface area (Å²) < 4.78 is 18.8. The predicted molar refractivity (Wildman–Crippen MR) is 93.9 cm³/mol. The Morgan fingerprint density at radius 1 is 1.19 bits per heavy atom. The highest BCUT2D eigenvalue weighted by molar-refractivity contribution is 5.81. The van der Waals surface area contributed by atoms with Gasteiger partial charge in [-0.05, 0) is 56.1 Å². The van der Waals surface area contributed by atoms with Crippen LogP contribution in [0.5, 0.6) is 5.75 Å². The van der Waals surface area contributed by atoms with E-state index in [1.807, 2.05) is 0 Å². The molecule has 1 aromatic rings. The quantitative estimate of drug-likeness (QED) is 0.866. The lowest BCUT2D eigenvalue weighted by atomic mass is 9.68. The van der Waals surface area contributed by atoms with Gasteiger partial charge in [0, 0.05) is 18.0 Å². The minimum Gasteiger partial charge on any atom is -0.481 e. The molecule has 6 heteroatoms. The van der Waals surface area contributed by atoms with Crippen LogP contribution in [0.3, 0.4) is 0 Å². The summed E-state index contributed by atoms with van der Waals surface area (Å²) in [4.78, 5) is 24.5. The minimum absolute atomic E-state index is 0.0335. The van der Waals surface area contributed by atoms with Gasteiger partial charge in [0.2, 0.25) is 5.91 Å². The summed E-state index contributed by atoms with van der Waals surface area (Å²) in [7, 11) is 0. The number of rotatable bonds is 4. The summed E-state index contributed by atoms with van der Waals surface area (Å²) >= 11 is 0. The first-order chi connectivity index (χ1) is 12.6. The van der Waals surface area contributed by atoms with Gasteiger partial charge in [-0.25, -0.2) is 4.39 Å². The van der Waals surface area contributed by atoms with E-state index in [2.05, 4.69) is 10.6 Å². The van der Waals surface area contributed by atoms with Crippen LogP contribution >= 0.6 is 0 Å². The zero-order valence-corrected chi connectivity index (χ0v) is 14.7. The summed E-state index contributed by atoms with van der Waals surface area (Å²) in [6.07, 6.45) is 6.06. The highest BCUT2D eigenvalue weighted by atomic mass is 19.1. The Hall–Kier alpha value is -2.11. The van der Waals surface area contributed by atoms with Crippen molar-refractivity contribution in [2.45, 2.75) is 50.6 Å². The highest BCUT2D eigenvalue weighted by Gasteiger charge is 2.48. The van der Waals surface area contributed by atoms with Gasteiger partial charge in [0.25, 0.3) is 5.91 Å². The molecule has 5 unspecified atom stereocenters. The molecule has 1 saturated heterocycles. The standard InChI is InChI=1S/C20H25FN2O3/c21-16-6-1-2-7-18(16)26-11-19(24)22-12-8-9-14-13-4-3-5-15(13)20(25)23-17(14)10-12/h1-2,6-7,12-15,17H,3-5,8-11H2,(H,22,24)(H,23,25). The molecule has 2 N–H and O–H groups in total. The lowest BCUT2D eigenvalue weighted by Gasteiger charge is -2.45. The van der Waals surface area contributed by atoms with Crippen LogP contribution in [-0.2, 0) is 9.59 Å². The number of carbonyl (C=O) groups is 2. The van der Waals surface area contributed by atoms with E-state index in [-0.39, 0.29) is 42.2 Å². The monoisotopic (exact) mass is 360 g/mol. The second kappa shape index (κ2) is 7.25. The van der Waals surface area contributed by atoms with Crippen LogP contribution in [0.25, 0.3) is 0 Å². The Morgan fingerprint density at radius 3 is 2.88 bits per heavy atom. The van der Waals surface area contributed by atoms with E-state index in [1.165, 1.54) is 12.1 Å². The predicted octanol–water partition coefficient (Wildman–Crippen LogP) is 2.40. The number of ether oxygens (including phenoxy) is 1. The minimum atomic E-state index is -0.475. The first-order valence-corrected chi connectivity index (χ1v) is 9.59. The van der Waals surface area contributed by atoms with E-state index in [9.17, 15) is 14.0 Å². The number of hydrogen-bond donors (Lipinski definition) is 2. The van der Waals surface area contributed by atoms with Crippen LogP contribution in [-0.4, -0.2) is 30.5 Å². The van der Waals surface area contributed by atoms with Gasteiger partial charge in [-0.3, -0.25) is 9.59 Å². The van der Waals surface area contributed by atoms with Crippen LogP contribution < -0.4 is 15.4 Å². The maximum Gasteiger partial charge on any atom is 0.258 e. The third-order valence-corrected chi connectivity index (χ3v) is 6.25. The molecule has 4 rings (SSSR count). The lowest BCUT2D eigenvalue weighted by molar-refractivity contribution is -0.132. The molecule has 0 radical (unpaired) electrons. The van der Waals surface area contributed by atoms with E-state index in [0.717, 1.165) is 38.5 Å². The van der Waals surface area contributed by atoms with Crippen molar-refractivity contribution in [3.63, 3.8) is 0 Å². The van der Waals surface area contributed by atoms with Crippen molar-refractivity contribution in [2.24, 2.45) is 17.8 Å². The third kappa shape index (κ3) is 3.41. The summed E-state index contributed by atoms with van der Waals surface area (Å²) in [5.74, 6) is 0.825. The normalized spacial score (nSPS) is 33.0. The zero-order chi connectivity index (χ0) is 18.1. The van der Waals surface area contributed by atoms with Crippen molar-refractivity contribution in [1.82, 2.24) is 10.6 Å². The molecule has 0 spiro atoms. The van der Waals surface area contributed by atoms with Crippen molar-refractivity contribution in [3.8, 4) is 5.75 Å². The van der Waals surface area contributed by atoms with Gasteiger partial charge in [0.1, 0.15) is 0 Å². The zero-order valence-electron chi connectivity index (χ0n) is 14.7. The summed E-state index contributed by atoms with van der Waals surface area (Å²) in [6, 6.07) is 6.24. The van der Waals surface area contributed by atoms with Gasteiger partial charge in [0.15, 0.2) is 18.2 Å². The maximum atomic E-state index is 13.5. The van der Waals surface area contributed by atoms with Gasteiger partial charge >= 0.3 is 0 Å². The molecular formula is C20H25FN2O3. The Labute approximate surface area is 152 Å². The molecule has 5 atom stereocenters. The summed E-state index contributed by atoms with van der Waals surface area (Å²) in [6.45, 7) is -0.206. The number of fused-ring (bicyclic) bond motifs is 3. The van der Waals surface area contributed by atoms with Crippen molar-refractivity contribution in [1.29, 1.82) is 0 Å². The maximum absolute atomic E-state index is 13.5. The molecule has 0 aromatic heterocycles. The fourth-order valence-electron chi connectivity index (χ4n) is 5.09. The summed E-state index contributed by atoms with van der Waals surface area (Å²) in [5.41, 5.74) is 0. The highest BCUT2D eigenvalue weighted by Crippen LogP contribution is 2.45. The molecule has 26 heavy (non-hydrogen) atoms. The van der Waals surface area contributed by atoms with E-state index in [1.54, 1.807) is 12.1 Å². The third-order valence-electron chi connectivity index (χ3n) is 6.25. The number of para-hydroxylation sites is 1. The molecule has 140 valence electrons. The largest absolute Gasteiger partial charge is 0.481 e. The molecule has 5 nitrogen and oxygen atoms in total. The van der Waals surface area contributed by atoms with Crippen LogP contribution in [0, 0.1) is 23.6 Å². The smallest absolute Gasteiger partial charge is 0.258 e. The SMILES string of the molecule is O=C(COc1ccccc1F)NC1CCC2C(C1)NC(=O)C1CCCC12. The molecule has 1 heterocycles. The van der Waals surface area contributed by atoms with Crippen molar-refractivity contribution < 1.29 is 18.7 Å². The van der Waals surface area contributed by atoms with Crippen molar-refractivity contribution >= 4 is 11.8 Å². The number of hydrogen-bond acceptors (Lipinski definition) is 3. The van der Waals surface area contributed by atoms with Crippen LogP contribution in [0.15, 0.2) is 24.3 Å². The molecule has 2 amide bonds. The Morgan fingerprint density at radius 2 is 2.04 bits per heavy atom. The molecule has 3 aliphatic rings. The van der Waals surface area contributed by atoms with Gasteiger partial charge < -0.3 is 15.4 Å². The molecular weight excluding hydrogens is 335 g/mol. The van der Waals surface area contributed by atoms with Gasteiger partial charge in [-0.15, -0.1) is 0 Å². The lowest BCUT2D eigenvalue weighted by Crippen LogP contribution is -2.57. The van der Waals surface area contributed by atoms with Crippen LogP contribution in [0.1, 0.15) is 38.5 Å². The van der Waals surface area contributed by atoms with Gasteiger partial charge in [-0.2, -0.15) is 0 Å². The number of amides is 2. The van der Waals surface area contributed by atoms with E-state index in [4.69, 9.17) is 4.74 Å². The number of halogens is 1. The van der Waals surface area contributed by atoms with E-state index >= 15 is 0 Å². The Kier molecular flexibility index (Phi) is 4.83. The van der Waals surface area contributed by atoms with Crippen molar-refractivity contribution in [3.05, 3.63) is 30.1 Å². The van der Waals surface area contributed by atoms with Crippen LogP contribution in [0.2, 0.25) is 0 Å². The molecule has 0 bridgehead atoms. The van der Waals surface area contributed by atoms with Gasteiger partial charge in [-0.1, -0.05) is 18.6 Å². The number of carbonyl (C=O) groups excluding carboxylic acids is 2. The first-order valence-electron chi connectivity index (χ1n) is 9.59. The molecule has 1 aromatic carbocycles. The number of nitrogens with one attached hydrogen (secondary N) is 2. The first kappa shape index (κ1) is 17.3. The molecule has 2 aliphatic carbocycles. The average molecular weight is 360 g/mol. The Balaban J connectivity index is 1.29. The number of benzene rings is 1. The Bertz CT molecular complexity index is 695. The summed E-state index contributed by atoms with van der Waals surface area (Å²) in [5, 5.41) is 6.17. The fourth-order valence-corrected chi connectivity index (χ4v) is 5.09. The average Bonchev–Trinajstić information content (AvgIpc) is 3.11. The fraction of sp³-hybridized carbons (Fsp3) is 0.600. The van der Waals surface area contributed by atoms with Crippen molar-refractivity contribution in [2.75, 3.05) is 6.61 Å². The van der Waals surface area contributed by atoms with Gasteiger partial charge in [0.05, 0.1) is 0 Å². The molecule has 3 fully saturated rings. The van der Waals surface area contributed by atoms with Crippen LogP contribution in [0.4, 0.5) is 4.39 Å². The number of piperidine rings is 1. The van der Waals surface area contributed by atoms with E-state index in [0.29, 0.717) is 11.8 Å². The second-order valence-corrected chi connectivity index (χ2v) is 7.78. The second-order valence-electron chi connectivity index (χ2n) is 7.78.